The van der Waals surface area contributed by atoms with E-state index in [4.69, 9.17) is 4.74 Å². The zero-order valence-corrected chi connectivity index (χ0v) is 36.8. The zero-order valence-electron chi connectivity index (χ0n) is 15.2. The largest absolute Gasteiger partial charge is 0.426 e. The van der Waals surface area contributed by atoms with Crippen LogP contribution in [0, 0.1) is 20.8 Å². The Balaban J connectivity index is -0.00000161. The van der Waals surface area contributed by atoms with Crippen molar-refractivity contribution in [1.82, 2.24) is 0 Å². The first-order chi connectivity index (χ1) is 10.6. The molecule has 25 heavy (non-hydrogen) atoms. The molecule has 1 aromatic carbocycles. The summed E-state index contributed by atoms with van der Waals surface area (Å²) in [5, 5.41) is 0. The van der Waals surface area contributed by atoms with Gasteiger partial charge in [-0.1, -0.05) is 12.1 Å². The van der Waals surface area contributed by atoms with E-state index in [1.165, 1.54) is 12.5 Å². The molecule has 0 aliphatic carbocycles. The van der Waals surface area contributed by atoms with Crippen LogP contribution >= 0.6 is 35.3 Å². The molecule has 0 aliphatic rings. The van der Waals surface area contributed by atoms with Crippen molar-refractivity contribution in [1.29, 1.82) is 0 Å². The number of benzene rings is 1. The Morgan fingerprint density at radius 2 is 1.28 bits per heavy atom. The Morgan fingerprint density at radius 1 is 0.880 bits per heavy atom. The first-order valence-electron chi connectivity index (χ1n) is 7.06. The monoisotopic (exact) mass is 1160 g/mol. The van der Waals surface area contributed by atoms with Crippen LogP contribution in [-0.2, 0) is 22.1 Å². The number of carbonyl (C=O) groups excluding carboxylic acids is 1. The molecule has 2 nitrogen and oxygen atoms in total. The van der Waals surface area contributed by atoms with Crippen molar-refractivity contribution >= 4 is 41.3 Å². The van der Waals surface area contributed by atoms with Crippen LogP contribution in [0.1, 0.15) is 23.6 Å². The topological polar surface area (TPSA) is 26.3 Å². The van der Waals surface area contributed by atoms with Gasteiger partial charge in [0, 0.05) is 35.3 Å². The fraction of sp³-hybridized carbons (Fsp3) is 0.412. The van der Waals surface area contributed by atoms with E-state index < -0.39 is 0 Å². The molecule has 0 saturated carbocycles. The van der Waals surface area contributed by atoms with Gasteiger partial charge in [0.1, 0.15) is 5.75 Å². The van der Waals surface area contributed by atoms with Crippen LogP contribution in [0.2, 0.25) is 0 Å². The predicted molar refractivity (Wildman–Crippen MR) is 102 cm³/mol. The van der Waals surface area contributed by atoms with E-state index in [0.29, 0.717) is 0 Å². The van der Waals surface area contributed by atoms with Gasteiger partial charge in [0.2, 0.25) is 0 Å². The van der Waals surface area contributed by atoms with Crippen LogP contribution in [0.3, 0.4) is 0 Å². The Morgan fingerprint density at radius 3 is 1.64 bits per heavy atom. The first-order valence-corrected chi connectivity index (χ1v) is 10.5. The van der Waals surface area contributed by atoms with E-state index in [0.717, 1.165) is 51.4 Å². The summed E-state index contributed by atoms with van der Waals surface area (Å²) in [6.07, 6.45) is 0. The van der Waals surface area contributed by atoms with Crippen LogP contribution in [0.4, 0.5) is 0 Å². The van der Waals surface area contributed by atoms with Gasteiger partial charge in [0.25, 0.3) is 0 Å². The maximum atomic E-state index is 11.4. The fourth-order valence-electron chi connectivity index (χ4n) is 1.95. The van der Waals surface area contributed by atoms with E-state index in [1.54, 1.807) is 35.3 Å². The summed E-state index contributed by atoms with van der Waals surface area (Å²) in [5.74, 6) is 5.40. The maximum absolute atomic E-state index is 11.4. The van der Waals surface area contributed by atoms with Crippen molar-refractivity contribution in [2.24, 2.45) is 0 Å². The summed E-state index contributed by atoms with van der Waals surface area (Å²) in [6.45, 7) is 13.0. The van der Waals surface area contributed by atoms with Crippen LogP contribution in [0.5, 0.6) is 5.75 Å². The summed E-state index contributed by atoms with van der Waals surface area (Å²) in [6, 6.07) is 4.28. The SMILES string of the molecule is [CH2-]CSCc1cc(CSC[CH2-])c(OC(C)=O)c(CSC[CH2-])c1.[Rf].[Rf].[Rf]. The molecule has 0 atom stereocenters. The standard InChI is InChI=1S/C17H23O2S3.3Rf/c1-5-20-10-14-8-15(11-21-6-2)17(19-13(4)18)16(9-14)12-22-7-3;;;/h8-9H,1-3,5-7,10-12H2,4H3;;;/q-3;;;. The summed E-state index contributed by atoms with van der Waals surface area (Å²) in [5.41, 5.74) is 3.40. The third kappa shape index (κ3) is 8.82. The quantitative estimate of drug-likeness (QED) is 0.191. The van der Waals surface area contributed by atoms with Crippen molar-refractivity contribution in [3.8, 4) is 5.75 Å². The van der Waals surface area contributed by atoms with Gasteiger partial charge in [-0.05, 0) is 5.56 Å². The number of hydrogen-bond acceptors (Lipinski definition) is 5. The number of thioether (sulfide) groups is 3. The Kier molecular flexibility index (Phi) is 15.3. The smallest absolute Gasteiger partial charge is 0.308 e. The van der Waals surface area contributed by atoms with Crippen molar-refractivity contribution < 1.29 is 9.53 Å². The molecule has 0 radical (unpaired) electrons. The number of hydrogen-bond donors (Lipinski definition) is 0. The normalized spacial score (nSPS) is 9.44. The molecule has 0 amide bonds. The number of carbonyl (C=O) groups is 1. The Labute approximate surface area is 147 Å². The number of esters is 1. The van der Waals surface area contributed by atoms with Crippen LogP contribution in [0.25, 0.3) is 0 Å². The van der Waals surface area contributed by atoms with Crippen LogP contribution in [0.15, 0.2) is 12.1 Å². The van der Waals surface area contributed by atoms with Crippen LogP contribution < -0.4 is 4.74 Å². The minimum Gasteiger partial charge on any atom is -0.426 e. The molecular weight excluding hydrogens is 1130 g/mol. The Bertz CT molecular complexity index is 459. The molecule has 0 saturated heterocycles. The second-order valence-electron chi connectivity index (χ2n) is 4.49. The van der Waals surface area contributed by atoms with E-state index in [1.807, 2.05) is 0 Å². The molecule has 1 rings (SSSR count). The van der Waals surface area contributed by atoms with E-state index in [9.17, 15) is 4.79 Å². The third-order valence-electron chi connectivity index (χ3n) is 2.77. The molecule has 0 spiro atoms. The van der Waals surface area contributed by atoms with Crippen molar-refractivity contribution in [2.75, 3.05) is 17.3 Å². The van der Waals surface area contributed by atoms with Crippen molar-refractivity contribution in [3.63, 3.8) is 0 Å². The molecule has 0 aliphatic heterocycles. The molecule has 1 aromatic rings. The molecule has 0 heterocycles. The first kappa shape index (κ1) is 26.6. The minimum absolute atomic E-state index is 0. The molecule has 0 unspecified atom stereocenters. The third-order valence-corrected chi connectivity index (χ3v) is 5.20. The molecule has 8 heteroatoms. The molecular formula is C17H23O2Rf3S3-3. The van der Waals surface area contributed by atoms with Gasteiger partial charge >= 0.3 is 5.97 Å². The molecule has 0 N–H and O–H groups in total. The summed E-state index contributed by atoms with van der Waals surface area (Å²) >= 11 is 5.24. The van der Waals surface area contributed by atoms with Crippen molar-refractivity contribution in [3.05, 3.63) is 49.6 Å². The summed E-state index contributed by atoms with van der Waals surface area (Å²) in [7, 11) is 0. The second-order valence-corrected chi connectivity index (χ2v) is 7.81. The summed E-state index contributed by atoms with van der Waals surface area (Å²) < 4.78 is 5.50. The van der Waals surface area contributed by atoms with Gasteiger partial charge in [-0.3, -0.25) is 4.79 Å². The average Bonchev–Trinajstić information content (AvgIpc) is 2.50. The Hall–Kier alpha value is -3.26. The summed E-state index contributed by atoms with van der Waals surface area (Å²) in [4.78, 5) is 11.4. The van der Waals surface area contributed by atoms with E-state index >= 15 is 0 Å². The fourth-order valence-corrected chi connectivity index (χ4v) is 3.66. The average molecular weight is 1160 g/mol. The number of ether oxygens (including phenoxy) is 1. The van der Waals surface area contributed by atoms with Gasteiger partial charge in [-0.15, -0.1) is 17.3 Å². The van der Waals surface area contributed by atoms with E-state index in [2.05, 4.69) is 32.9 Å². The number of rotatable bonds is 10. The van der Waals surface area contributed by atoms with Crippen molar-refractivity contribution in [2.45, 2.75) is 24.2 Å². The predicted octanol–water partition coefficient (Wildman–Crippen LogP) is 4.81. The maximum Gasteiger partial charge on any atom is 0.308 e. The van der Waals surface area contributed by atoms with Gasteiger partial charge in [-0.25, -0.2) is 0 Å². The van der Waals surface area contributed by atoms with Gasteiger partial charge in [-0.2, -0.15) is 35.3 Å². The van der Waals surface area contributed by atoms with Gasteiger partial charge in [0.15, 0.2) is 0 Å². The minimum atomic E-state index is -0.276. The zero-order chi connectivity index (χ0) is 16.4. The van der Waals surface area contributed by atoms with Crippen LogP contribution in [-0.4, -0.2) is 23.2 Å². The molecule has 0 aromatic heterocycles. The molecule has 0 bridgehead atoms. The second kappa shape index (κ2) is 14.3. The molecule has 0 fully saturated rings. The van der Waals surface area contributed by atoms with E-state index in [-0.39, 0.29) is 5.97 Å². The molecule has 130 valence electrons. The van der Waals surface area contributed by atoms with Gasteiger partial charge < -0.3 is 25.5 Å². The van der Waals surface area contributed by atoms with Gasteiger partial charge in [0.05, 0.1) is 0 Å².